The van der Waals surface area contributed by atoms with Gasteiger partial charge in [0.2, 0.25) is 0 Å². The zero-order valence-corrected chi connectivity index (χ0v) is 12.9. The summed E-state index contributed by atoms with van der Waals surface area (Å²) in [7, 11) is 3.64. The van der Waals surface area contributed by atoms with E-state index in [9.17, 15) is 14.7 Å². The first-order valence-corrected chi connectivity index (χ1v) is 7.33. The van der Waals surface area contributed by atoms with Gasteiger partial charge in [-0.25, -0.2) is 4.79 Å². The van der Waals surface area contributed by atoms with Crippen LogP contribution in [-0.4, -0.2) is 49.1 Å². The van der Waals surface area contributed by atoms with Crippen molar-refractivity contribution in [2.45, 2.75) is 12.8 Å². The number of carboxylic acids is 1. The fourth-order valence-corrected chi connectivity index (χ4v) is 2.61. The lowest BCUT2D eigenvalue weighted by atomic mass is 9.86. The Hall–Kier alpha value is -2.14. The molecule has 0 saturated carbocycles. The Labute approximate surface area is 130 Å². The molecular weight excluding hydrogens is 282 g/mol. The van der Waals surface area contributed by atoms with E-state index in [4.69, 9.17) is 4.74 Å². The Morgan fingerprint density at radius 1 is 1.18 bits per heavy atom. The van der Waals surface area contributed by atoms with Crippen LogP contribution in [0, 0.1) is 5.92 Å². The summed E-state index contributed by atoms with van der Waals surface area (Å²) in [5.41, 5.74) is 1.08. The normalized spacial score (nSPS) is 16.4. The number of Topliss-reactive ketones (excluding diaryl/α,β-unsaturated/α-hetero) is 1. The topological polar surface area (TPSA) is 66.8 Å². The van der Waals surface area contributed by atoms with Crippen molar-refractivity contribution in [3.05, 3.63) is 41.6 Å². The van der Waals surface area contributed by atoms with Gasteiger partial charge >= 0.3 is 5.97 Å². The largest absolute Gasteiger partial charge is 0.478 e. The first-order valence-electron chi connectivity index (χ1n) is 7.33. The minimum atomic E-state index is -1.03. The van der Waals surface area contributed by atoms with E-state index in [-0.39, 0.29) is 17.3 Å². The smallest absolute Gasteiger partial charge is 0.336 e. The number of ether oxygens (including phenoxy) is 1. The number of hydrogen-bond acceptors (Lipinski definition) is 4. The van der Waals surface area contributed by atoms with Crippen LogP contribution in [0.4, 0.5) is 0 Å². The molecule has 22 heavy (non-hydrogen) atoms. The van der Waals surface area contributed by atoms with E-state index in [0.29, 0.717) is 37.2 Å². The van der Waals surface area contributed by atoms with E-state index >= 15 is 0 Å². The number of carbonyl (C=O) groups is 2. The van der Waals surface area contributed by atoms with Crippen LogP contribution in [0.5, 0.6) is 0 Å². The highest BCUT2D eigenvalue weighted by molar-refractivity contribution is 6.23. The summed E-state index contributed by atoms with van der Waals surface area (Å²) in [6, 6.07) is 6.64. The molecule has 1 fully saturated rings. The van der Waals surface area contributed by atoms with Crippen molar-refractivity contribution in [3.8, 4) is 0 Å². The molecular formula is C17H21NO4. The summed E-state index contributed by atoms with van der Waals surface area (Å²) in [4.78, 5) is 26.1. The molecule has 5 nitrogen and oxygen atoms in total. The predicted octanol–water partition coefficient (Wildman–Crippen LogP) is 2.28. The molecule has 118 valence electrons. The van der Waals surface area contributed by atoms with Crippen LogP contribution in [0.2, 0.25) is 0 Å². The van der Waals surface area contributed by atoms with E-state index in [1.807, 2.05) is 14.1 Å². The van der Waals surface area contributed by atoms with Gasteiger partial charge in [0.15, 0.2) is 5.78 Å². The van der Waals surface area contributed by atoms with Crippen LogP contribution in [-0.2, 0) is 9.53 Å². The minimum Gasteiger partial charge on any atom is -0.478 e. The second-order valence-corrected chi connectivity index (χ2v) is 5.61. The molecule has 0 aliphatic carbocycles. The average Bonchev–Trinajstić information content (AvgIpc) is 2.52. The molecule has 1 N–H and O–H groups in total. The lowest BCUT2D eigenvalue weighted by Crippen LogP contribution is -2.25. The van der Waals surface area contributed by atoms with Crippen molar-refractivity contribution < 1.29 is 19.4 Å². The second kappa shape index (κ2) is 7.22. The van der Waals surface area contributed by atoms with Crippen molar-refractivity contribution in [2.24, 2.45) is 5.92 Å². The van der Waals surface area contributed by atoms with Gasteiger partial charge < -0.3 is 14.7 Å². The van der Waals surface area contributed by atoms with Gasteiger partial charge in [-0.05, 0) is 18.9 Å². The standard InChI is InChI=1S/C17H21NO4/c1-18(2)11-15(16(19)12-7-9-22-10-8-12)13-5-3-4-6-14(13)17(20)21/h3-6,11-12H,7-10H2,1-2H3,(H,20,21)/b15-11-. The third-order valence-corrected chi connectivity index (χ3v) is 3.69. The van der Waals surface area contributed by atoms with Gasteiger partial charge in [-0.2, -0.15) is 0 Å². The molecule has 1 aromatic carbocycles. The number of carbonyl (C=O) groups excluding carboxylic acids is 1. The zero-order valence-electron chi connectivity index (χ0n) is 12.9. The average molecular weight is 303 g/mol. The van der Waals surface area contributed by atoms with E-state index < -0.39 is 5.97 Å². The fraction of sp³-hybridized carbons (Fsp3) is 0.412. The predicted molar refractivity (Wildman–Crippen MR) is 83.6 cm³/mol. The number of rotatable bonds is 5. The Morgan fingerprint density at radius 2 is 1.77 bits per heavy atom. The van der Waals surface area contributed by atoms with E-state index in [0.717, 1.165) is 0 Å². The quantitative estimate of drug-likeness (QED) is 0.845. The Kier molecular flexibility index (Phi) is 5.33. The maximum atomic E-state index is 12.9. The molecule has 0 unspecified atom stereocenters. The number of hydrogen-bond donors (Lipinski definition) is 1. The van der Waals surface area contributed by atoms with Crippen LogP contribution < -0.4 is 0 Å². The van der Waals surface area contributed by atoms with Crippen LogP contribution in [0.15, 0.2) is 30.5 Å². The van der Waals surface area contributed by atoms with Gasteiger partial charge in [0.05, 0.1) is 5.56 Å². The molecule has 5 heteroatoms. The highest BCUT2D eigenvalue weighted by Gasteiger charge is 2.27. The molecule has 0 amide bonds. The molecule has 0 spiro atoms. The van der Waals surface area contributed by atoms with Gasteiger partial charge in [0.25, 0.3) is 0 Å². The molecule has 1 saturated heterocycles. The minimum absolute atomic E-state index is 0.00861. The lowest BCUT2D eigenvalue weighted by molar-refractivity contribution is -0.120. The van der Waals surface area contributed by atoms with Gasteiger partial charge in [-0.1, -0.05) is 18.2 Å². The van der Waals surface area contributed by atoms with E-state index in [2.05, 4.69) is 0 Å². The highest BCUT2D eigenvalue weighted by Crippen LogP contribution is 2.27. The van der Waals surface area contributed by atoms with Crippen molar-refractivity contribution in [3.63, 3.8) is 0 Å². The summed E-state index contributed by atoms with van der Waals surface area (Å²) < 4.78 is 5.30. The van der Waals surface area contributed by atoms with Crippen molar-refractivity contribution >= 4 is 17.3 Å². The highest BCUT2D eigenvalue weighted by atomic mass is 16.5. The van der Waals surface area contributed by atoms with Crippen LogP contribution >= 0.6 is 0 Å². The second-order valence-electron chi connectivity index (χ2n) is 5.61. The molecule has 1 aromatic rings. The molecule has 0 atom stereocenters. The Balaban J connectivity index is 2.43. The maximum Gasteiger partial charge on any atom is 0.336 e. The molecule has 1 aliphatic heterocycles. The number of aromatic carboxylic acids is 1. The van der Waals surface area contributed by atoms with E-state index in [1.54, 1.807) is 29.3 Å². The van der Waals surface area contributed by atoms with Crippen LogP contribution in [0.25, 0.3) is 5.57 Å². The van der Waals surface area contributed by atoms with E-state index in [1.165, 1.54) is 6.07 Å². The third kappa shape index (κ3) is 3.74. The fourth-order valence-electron chi connectivity index (χ4n) is 2.61. The Bertz CT molecular complexity index is 586. The number of carboxylic acid groups (broad SMARTS) is 1. The molecule has 1 aliphatic rings. The Morgan fingerprint density at radius 3 is 2.32 bits per heavy atom. The summed E-state index contributed by atoms with van der Waals surface area (Å²) in [5, 5.41) is 9.37. The summed E-state index contributed by atoms with van der Waals surface area (Å²) in [6.07, 6.45) is 3.07. The molecule has 2 rings (SSSR count). The van der Waals surface area contributed by atoms with Gasteiger partial charge in [-0.3, -0.25) is 4.79 Å². The number of allylic oxidation sites excluding steroid dienone is 1. The van der Waals surface area contributed by atoms with Gasteiger partial charge in [-0.15, -0.1) is 0 Å². The zero-order chi connectivity index (χ0) is 16.1. The summed E-state index contributed by atoms with van der Waals surface area (Å²) in [6.45, 7) is 1.15. The van der Waals surface area contributed by atoms with Gasteiger partial charge in [0.1, 0.15) is 0 Å². The lowest BCUT2D eigenvalue weighted by Gasteiger charge is -2.23. The molecule has 1 heterocycles. The third-order valence-electron chi connectivity index (χ3n) is 3.69. The summed E-state index contributed by atoms with van der Waals surface area (Å²) in [5.74, 6) is -1.15. The first kappa shape index (κ1) is 16.2. The van der Waals surface area contributed by atoms with Crippen LogP contribution in [0.3, 0.4) is 0 Å². The summed E-state index contributed by atoms with van der Waals surface area (Å²) >= 11 is 0. The SMILES string of the molecule is CN(C)/C=C(\C(=O)C1CCOCC1)c1ccccc1C(=O)O. The van der Waals surface area contributed by atoms with Crippen LogP contribution in [0.1, 0.15) is 28.8 Å². The molecule has 0 aromatic heterocycles. The number of ketones is 1. The van der Waals surface area contributed by atoms with Crippen molar-refractivity contribution in [1.29, 1.82) is 0 Å². The van der Waals surface area contributed by atoms with Crippen molar-refractivity contribution in [2.75, 3.05) is 27.3 Å². The van der Waals surface area contributed by atoms with Crippen molar-refractivity contribution in [1.82, 2.24) is 4.90 Å². The first-order chi connectivity index (χ1) is 10.5. The number of benzene rings is 1. The monoisotopic (exact) mass is 303 g/mol. The number of nitrogens with zero attached hydrogens (tertiary/aromatic N) is 1. The molecule has 0 radical (unpaired) electrons. The molecule has 0 bridgehead atoms. The maximum absolute atomic E-state index is 12.9. The van der Waals surface area contributed by atoms with Gasteiger partial charge in [0, 0.05) is 50.6 Å².